The number of carbonyl (C=O) groups is 1. The SMILES string of the molecule is COc1cc(C2c3cc4c(cc3CCN2C(=O)c2ccccc2)OCO4)cc(OC)c1O. The third-order valence-electron chi connectivity index (χ3n) is 5.96. The smallest absolute Gasteiger partial charge is 0.254 e. The highest BCUT2D eigenvalue weighted by molar-refractivity contribution is 5.95. The third kappa shape index (κ3) is 3.26. The van der Waals surface area contributed by atoms with Gasteiger partial charge in [0.2, 0.25) is 12.5 Å². The van der Waals surface area contributed by atoms with E-state index in [1.54, 1.807) is 12.1 Å². The van der Waals surface area contributed by atoms with Crippen LogP contribution >= 0.6 is 0 Å². The molecule has 3 aromatic rings. The van der Waals surface area contributed by atoms with Crippen LogP contribution in [0.1, 0.15) is 33.1 Å². The fraction of sp³-hybridized carbons (Fsp3) is 0.240. The Morgan fingerprint density at radius 1 is 1.00 bits per heavy atom. The van der Waals surface area contributed by atoms with Crippen molar-refractivity contribution in [1.82, 2.24) is 4.90 Å². The molecule has 1 unspecified atom stereocenters. The predicted octanol–water partition coefficient (Wildman–Crippen LogP) is 3.93. The number of amides is 1. The molecule has 1 N–H and O–H groups in total. The van der Waals surface area contributed by atoms with Gasteiger partial charge in [-0.2, -0.15) is 0 Å². The van der Waals surface area contributed by atoms with Crippen LogP contribution < -0.4 is 18.9 Å². The molecule has 2 aliphatic heterocycles. The van der Waals surface area contributed by atoms with Crippen LogP contribution in [0.2, 0.25) is 0 Å². The van der Waals surface area contributed by atoms with E-state index in [2.05, 4.69) is 0 Å². The number of hydrogen-bond acceptors (Lipinski definition) is 6. The van der Waals surface area contributed by atoms with Gasteiger partial charge in [-0.3, -0.25) is 4.79 Å². The van der Waals surface area contributed by atoms with Crippen LogP contribution in [0.4, 0.5) is 0 Å². The predicted molar refractivity (Wildman–Crippen MR) is 117 cm³/mol. The summed E-state index contributed by atoms with van der Waals surface area (Å²) in [6, 6.07) is 16.2. The van der Waals surface area contributed by atoms with E-state index in [4.69, 9.17) is 18.9 Å². The van der Waals surface area contributed by atoms with Crippen LogP contribution in [-0.2, 0) is 6.42 Å². The van der Waals surface area contributed by atoms with Crippen LogP contribution in [-0.4, -0.2) is 43.5 Å². The Hall–Kier alpha value is -3.87. The van der Waals surface area contributed by atoms with Crippen LogP contribution in [0.3, 0.4) is 0 Å². The van der Waals surface area contributed by atoms with Crippen LogP contribution in [0, 0.1) is 0 Å². The summed E-state index contributed by atoms with van der Waals surface area (Å²) in [4.78, 5) is 15.4. The molecule has 2 aliphatic rings. The third-order valence-corrected chi connectivity index (χ3v) is 5.96. The molecule has 0 spiro atoms. The van der Waals surface area contributed by atoms with Gasteiger partial charge in [0.1, 0.15) is 0 Å². The zero-order valence-electron chi connectivity index (χ0n) is 17.8. The van der Waals surface area contributed by atoms with Gasteiger partial charge in [0.25, 0.3) is 5.91 Å². The van der Waals surface area contributed by atoms with Gasteiger partial charge in [0, 0.05) is 12.1 Å². The van der Waals surface area contributed by atoms with Crippen molar-refractivity contribution in [2.75, 3.05) is 27.6 Å². The van der Waals surface area contributed by atoms with E-state index in [0.717, 1.165) is 16.7 Å². The number of carbonyl (C=O) groups excluding carboxylic acids is 1. The summed E-state index contributed by atoms with van der Waals surface area (Å²) in [6.45, 7) is 0.701. The van der Waals surface area contributed by atoms with Crippen LogP contribution in [0.5, 0.6) is 28.7 Å². The summed E-state index contributed by atoms with van der Waals surface area (Å²) in [6.07, 6.45) is 0.688. The molecule has 1 atom stereocenters. The molecule has 0 saturated heterocycles. The fourth-order valence-corrected chi connectivity index (χ4v) is 4.41. The van der Waals surface area contributed by atoms with E-state index in [1.165, 1.54) is 14.2 Å². The first-order valence-corrected chi connectivity index (χ1v) is 10.3. The van der Waals surface area contributed by atoms with Crippen molar-refractivity contribution in [3.8, 4) is 28.7 Å². The Labute approximate surface area is 185 Å². The Morgan fingerprint density at radius 3 is 2.31 bits per heavy atom. The summed E-state index contributed by atoms with van der Waals surface area (Å²) in [5.74, 6) is 1.76. The van der Waals surface area contributed by atoms with E-state index in [-0.39, 0.29) is 29.9 Å². The topological polar surface area (TPSA) is 77.5 Å². The second-order valence-corrected chi connectivity index (χ2v) is 7.70. The highest BCUT2D eigenvalue weighted by atomic mass is 16.7. The van der Waals surface area contributed by atoms with Gasteiger partial charge in [-0.05, 0) is 59.5 Å². The highest BCUT2D eigenvalue weighted by Gasteiger charge is 2.35. The largest absolute Gasteiger partial charge is 0.502 e. The lowest BCUT2D eigenvalue weighted by Gasteiger charge is -2.38. The number of ether oxygens (including phenoxy) is 4. The van der Waals surface area contributed by atoms with Crippen molar-refractivity contribution < 1.29 is 28.8 Å². The zero-order valence-corrected chi connectivity index (χ0v) is 17.8. The lowest BCUT2D eigenvalue weighted by Crippen LogP contribution is -2.40. The van der Waals surface area contributed by atoms with Crippen molar-refractivity contribution in [2.24, 2.45) is 0 Å². The molecule has 0 radical (unpaired) electrons. The van der Waals surface area contributed by atoms with E-state index in [9.17, 15) is 9.90 Å². The number of fused-ring (bicyclic) bond motifs is 2. The van der Waals surface area contributed by atoms with Gasteiger partial charge >= 0.3 is 0 Å². The number of nitrogens with zero attached hydrogens (tertiary/aromatic N) is 1. The maximum absolute atomic E-state index is 13.6. The molecule has 7 nitrogen and oxygen atoms in total. The van der Waals surface area contributed by atoms with E-state index >= 15 is 0 Å². The molecule has 0 saturated carbocycles. The number of phenolic OH excluding ortho intramolecular Hbond substituents is 1. The monoisotopic (exact) mass is 433 g/mol. The average molecular weight is 433 g/mol. The Morgan fingerprint density at radius 2 is 1.66 bits per heavy atom. The Kier molecular flexibility index (Phi) is 5.01. The van der Waals surface area contributed by atoms with E-state index < -0.39 is 6.04 Å². The lowest BCUT2D eigenvalue weighted by atomic mass is 9.87. The van der Waals surface area contributed by atoms with Gasteiger partial charge in [0.15, 0.2) is 23.0 Å². The lowest BCUT2D eigenvalue weighted by molar-refractivity contribution is 0.0694. The number of benzene rings is 3. The molecule has 2 heterocycles. The molecule has 5 rings (SSSR count). The highest BCUT2D eigenvalue weighted by Crippen LogP contribution is 2.46. The molecular weight excluding hydrogens is 410 g/mol. The van der Waals surface area contributed by atoms with Gasteiger partial charge in [-0.1, -0.05) is 18.2 Å². The van der Waals surface area contributed by atoms with Gasteiger partial charge in [0.05, 0.1) is 20.3 Å². The minimum atomic E-state index is -0.427. The molecule has 0 aromatic heterocycles. The molecule has 0 bridgehead atoms. The molecule has 7 heteroatoms. The first kappa shape index (κ1) is 20.1. The van der Waals surface area contributed by atoms with Crippen molar-refractivity contribution in [2.45, 2.75) is 12.5 Å². The maximum atomic E-state index is 13.6. The maximum Gasteiger partial charge on any atom is 0.254 e. The summed E-state index contributed by atoms with van der Waals surface area (Å²) in [5.41, 5.74) is 3.40. The molecule has 32 heavy (non-hydrogen) atoms. The zero-order chi connectivity index (χ0) is 22.2. The fourth-order valence-electron chi connectivity index (χ4n) is 4.41. The first-order valence-electron chi connectivity index (χ1n) is 10.3. The Balaban J connectivity index is 1.69. The first-order chi connectivity index (χ1) is 15.6. The molecule has 164 valence electrons. The second-order valence-electron chi connectivity index (χ2n) is 7.70. The molecule has 3 aromatic carbocycles. The molecule has 1 amide bonds. The average Bonchev–Trinajstić information content (AvgIpc) is 3.29. The number of methoxy groups -OCH3 is 2. The van der Waals surface area contributed by atoms with Crippen LogP contribution in [0.15, 0.2) is 54.6 Å². The minimum absolute atomic E-state index is 0.0788. The van der Waals surface area contributed by atoms with Crippen LogP contribution in [0.25, 0.3) is 0 Å². The van der Waals surface area contributed by atoms with Crippen molar-refractivity contribution in [1.29, 1.82) is 0 Å². The number of hydrogen-bond donors (Lipinski definition) is 1. The van der Waals surface area contributed by atoms with E-state index in [0.29, 0.717) is 30.0 Å². The minimum Gasteiger partial charge on any atom is -0.502 e. The van der Waals surface area contributed by atoms with Gasteiger partial charge < -0.3 is 29.0 Å². The number of rotatable bonds is 4. The standard InChI is InChI=1S/C25H23NO6/c1-29-21-11-17(12-22(30-2)24(21)27)23-18-13-20-19(31-14-32-20)10-16(18)8-9-26(23)25(28)15-6-4-3-5-7-15/h3-7,10-13,23,27H,8-9,14H2,1-2H3. The summed E-state index contributed by atoms with van der Waals surface area (Å²) < 4.78 is 22.0. The van der Waals surface area contributed by atoms with Gasteiger partial charge in [-0.25, -0.2) is 0 Å². The molecular formula is C25H23NO6. The van der Waals surface area contributed by atoms with Crippen molar-refractivity contribution in [3.05, 3.63) is 76.9 Å². The second kappa shape index (κ2) is 8.00. The normalized spacial score (nSPS) is 16.4. The number of aromatic hydroxyl groups is 1. The Bertz CT molecular complexity index is 1150. The van der Waals surface area contributed by atoms with E-state index in [1.807, 2.05) is 47.4 Å². The summed E-state index contributed by atoms with van der Waals surface area (Å²) in [7, 11) is 2.97. The van der Waals surface area contributed by atoms with Crippen molar-refractivity contribution in [3.63, 3.8) is 0 Å². The summed E-state index contributed by atoms with van der Waals surface area (Å²) in [5, 5.41) is 10.4. The summed E-state index contributed by atoms with van der Waals surface area (Å²) >= 11 is 0. The molecule has 0 aliphatic carbocycles. The molecule has 0 fully saturated rings. The van der Waals surface area contributed by atoms with Crippen molar-refractivity contribution >= 4 is 5.91 Å². The van der Waals surface area contributed by atoms with Gasteiger partial charge in [-0.15, -0.1) is 0 Å². The quantitative estimate of drug-likeness (QED) is 0.672. The number of phenols is 1.